The van der Waals surface area contributed by atoms with E-state index in [0.717, 1.165) is 30.6 Å². The summed E-state index contributed by atoms with van der Waals surface area (Å²) >= 11 is 0. The average molecular weight is 345 g/mol. The Morgan fingerprint density at radius 1 is 1.21 bits per heavy atom. The first-order valence-electron chi connectivity index (χ1n) is 8.11. The second-order valence-electron chi connectivity index (χ2n) is 6.18. The zero-order valence-electron chi connectivity index (χ0n) is 13.8. The third-order valence-corrected chi connectivity index (χ3v) is 5.86. The van der Waals surface area contributed by atoms with Gasteiger partial charge >= 0.3 is 0 Å². The molecule has 0 aliphatic carbocycles. The molecule has 0 amide bonds. The van der Waals surface area contributed by atoms with Crippen molar-refractivity contribution in [2.24, 2.45) is 5.73 Å². The van der Waals surface area contributed by atoms with Gasteiger partial charge in [-0.1, -0.05) is 36.4 Å². The highest BCUT2D eigenvalue weighted by Gasteiger charge is 2.20. The molecule has 0 spiro atoms. The van der Waals surface area contributed by atoms with Crippen LogP contribution < -0.4 is 15.4 Å². The van der Waals surface area contributed by atoms with Gasteiger partial charge in [0, 0.05) is 31.9 Å². The van der Waals surface area contributed by atoms with Crippen molar-refractivity contribution in [3.8, 4) is 0 Å². The van der Waals surface area contributed by atoms with Crippen LogP contribution in [0.1, 0.15) is 23.6 Å². The van der Waals surface area contributed by atoms with E-state index in [2.05, 4.69) is 9.62 Å². The first-order valence-corrected chi connectivity index (χ1v) is 9.60. The number of hydrogen-bond acceptors (Lipinski definition) is 4. The minimum Gasteiger partial charge on any atom is -0.374 e. The van der Waals surface area contributed by atoms with Crippen LogP contribution in [0.2, 0.25) is 0 Å². The Bertz CT molecular complexity index is 806. The Hall–Kier alpha value is -1.89. The lowest BCUT2D eigenvalue weighted by atomic mass is 10.0. The Kier molecular flexibility index (Phi) is 4.89. The molecule has 0 unspecified atom stereocenters. The molecule has 5 nitrogen and oxygen atoms in total. The van der Waals surface area contributed by atoms with Crippen molar-refractivity contribution >= 4 is 15.7 Å². The largest absolute Gasteiger partial charge is 0.374 e. The Balaban J connectivity index is 1.75. The van der Waals surface area contributed by atoms with Crippen molar-refractivity contribution in [1.82, 2.24) is 4.72 Å². The van der Waals surface area contributed by atoms with Crippen molar-refractivity contribution in [3.05, 3.63) is 59.7 Å². The quantitative estimate of drug-likeness (QED) is 0.870. The van der Waals surface area contributed by atoms with E-state index in [9.17, 15) is 8.42 Å². The van der Waals surface area contributed by atoms with E-state index in [1.807, 2.05) is 43.4 Å². The molecule has 3 N–H and O–H groups in total. The predicted octanol–water partition coefficient (Wildman–Crippen LogP) is 2.05. The Morgan fingerprint density at radius 2 is 1.96 bits per heavy atom. The maximum atomic E-state index is 12.6. The zero-order valence-corrected chi connectivity index (χ0v) is 14.6. The predicted molar refractivity (Wildman–Crippen MR) is 96.6 cm³/mol. The van der Waals surface area contributed by atoms with Crippen molar-refractivity contribution < 1.29 is 8.42 Å². The van der Waals surface area contributed by atoms with Gasteiger partial charge in [-0.05, 0) is 36.1 Å². The number of rotatable bonds is 5. The van der Waals surface area contributed by atoms with Gasteiger partial charge in [0.25, 0.3) is 0 Å². The molecule has 128 valence electrons. The summed E-state index contributed by atoms with van der Waals surface area (Å²) in [6, 6.07) is 14.5. The van der Waals surface area contributed by atoms with E-state index in [4.69, 9.17) is 5.73 Å². The number of nitrogens with zero attached hydrogens (tertiary/aromatic N) is 1. The molecule has 0 saturated carbocycles. The smallest absolute Gasteiger partial charge is 0.240 e. The number of nitrogens with two attached hydrogens (primary N) is 1. The van der Waals surface area contributed by atoms with Crippen LogP contribution in [0.3, 0.4) is 0 Å². The maximum absolute atomic E-state index is 12.6. The zero-order chi connectivity index (χ0) is 17.2. The Morgan fingerprint density at radius 3 is 2.71 bits per heavy atom. The number of aryl methyl sites for hydroxylation is 1. The van der Waals surface area contributed by atoms with Crippen LogP contribution in [0, 0.1) is 0 Å². The molecule has 0 fully saturated rings. The monoisotopic (exact) mass is 345 g/mol. The highest BCUT2D eigenvalue weighted by molar-refractivity contribution is 7.89. The summed E-state index contributed by atoms with van der Waals surface area (Å²) in [6.07, 6.45) is 2.09. The number of sulfonamides is 1. The second kappa shape index (κ2) is 6.93. The molecule has 6 heteroatoms. The SMILES string of the molecule is CN1CCCc2ccc(S(=O)(=O)NC[C@@H](N)c3ccccc3)cc21. The average Bonchev–Trinajstić information content (AvgIpc) is 2.60. The van der Waals surface area contributed by atoms with Crippen molar-refractivity contribution in [3.63, 3.8) is 0 Å². The summed E-state index contributed by atoms with van der Waals surface area (Å²) < 4.78 is 27.8. The third-order valence-electron chi connectivity index (χ3n) is 4.44. The van der Waals surface area contributed by atoms with Crippen LogP contribution in [0.25, 0.3) is 0 Å². The van der Waals surface area contributed by atoms with E-state index >= 15 is 0 Å². The molecular formula is C18H23N3O2S. The molecule has 1 heterocycles. The maximum Gasteiger partial charge on any atom is 0.240 e. The topological polar surface area (TPSA) is 75.4 Å². The van der Waals surface area contributed by atoms with Gasteiger partial charge in [0.15, 0.2) is 0 Å². The summed E-state index contributed by atoms with van der Waals surface area (Å²) in [5.74, 6) is 0. The molecule has 3 rings (SSSR count). The molecular weight excluding hydrogens is 322 g/mol. The molecule has 0 saturated heterocycles. The van der Waals surface area contributed by atoms with Crippen LogP contribution in [0.15, 0.2) is 53.4 Å². The van der Waals surface area contributed by atoms with Crippen LogP contribution in [-0.2, 0) is 16.4 Å². The summed E-state index contributed by atoms with van der Waals surface area (Å²) in [5, 5.41) is 0. The van der Waals surface area contributed by atoms with Crippen molar-refractivity contribution in [2.45, 2.75) is 23.8 Å². The van der Waals surface area contributed by atoms with Gasteiger partial charge in [-0.3, -0.25) is 0 Å². The van der Waals surface area contributed by atoms with Crippen molar-refractivity contribution in [2.75, 3.05) is 25.0 Å². The van der Waals surface area contributed by atoms with E-state index < -0.39 is 10.0 Å². The molecule has 0 radical (unpaired) electrons. The molecule has 24 heavy (non-hydrogen) atoms. The highest BCUT2D eigenvalue weighted by atomic mass is 32.2. The van der Waals surface area contributed by atoms with Crippen LogP contribution >= 0.6 is 0 Å². The van der Waals surface area contributed by atoms with Gasteiger partial charge in [-0.15, -0.1) is 0 Å². The number of benzene rings is 2. The van der Waals surface area contributed by atoms with Crippen molar-refractivity contribution in [1.29, 1.82) is 0 Å². The molecule has 2 aromatic rings. The van der Waals surface area contributed by atoms with Crippen LogP contribution in [0.5, 0.6) is 0 Å². The molecule has 2 aromatic carbocycles. The first kappa shape index (κ1) is 17.0. The van der Waals surface area contributed by atoms with E-state index in [1.54, 1.807) is 12.1 Å². The van der Waals surface area contributed by atoms with Crippen LogP contribution in [-0.4, -0.2) is 28.6 Å². The minimum atomic E-state index is -3.58. The summed E-state index contributed by atoms with van der Waals surface area (Å²) in [6.45, 7) is 1.11. The van der Waals surface area contributed by atoms with Gasteiger partial charge in [-0.25, -0.2) is 13.1 Å². The molecule has 1 aliphatic rings. The van der Waals surface area contributed by atoms with Crippen LogP contribution in [0.4, 0.5) is 5.69 Å². The van der Waals surface area contributed by atoms with Gasteiger partial charge < -0.3 is 10.6 Å². The lowest BCUT2D eigenvalue weighted by Gasteiger charge is -2.28. The molecule has 0 bridgehead atoms. The standard InChI is InChI=1S/C18H23N3O2S/c1-21-11-5-8-15-9-10-16(12-18(15)21)24(22,23)20-13-17(19)14-6-3-2-4-7-14/h2-4,6-7,9-10,12,17,20H,5,8,11,13,19H2,1H3/t17-/m1/s1. The first-order chi connectivity index (χ1) is 11.5. The third kappa shape index (κ3) is 3.61. The number of nitrogens with one attached hydrogen (secondary N) is 1. The normalized spacial score (nSPS) is 15.8. The van der Waals surface area contributed by atoms with E-state index in [-0.39, 0.29) is 17.5 Å². The van der Waals surface area contributed by atoms with Gasteiger partial charge in [0.1, 0.15) is 0 Å². The number of hydrogen-bond donors (Lipinski definition) is 2. The van der Waals surface area contributed by atoms with Gasteiger partial charge in [0.05, 0.1) is 4.90 Å². The number of anilines is 1. The Labute approximate surface area is 143 Å². The summed E-state index contributed by atoms with van der Waals surface area (Å²) in [7, 11) is -1.58. The lowest BCUT2D eigenvalue weighted by Crippen LogP contribution is -2.32. The number of fused-ring (bicyclic) bond motifs is 1. The fourth-order valence-corrected chi connectivity index (χ4v) is 4.09. The summed E-state index contributed by atoms with van der Waals surface area (Å²) in [5.41, 5.74) is 9.18. The van der Waals surface area contributed by atoms with Gasteiger partial charge in [-0.2, -0.15) is 0 Å². The van der Waals surface area contributed by atoms with E-state index in [1.165, 1.54) is 5.56 Å². The molecule has 1 atom stereocenters. The summed E-state index contributed by atoms with van der Waals surface area (Å²) in [4.78, 5) is 2.39. The minimum absolute atomic E-state index is 0.166. The second-order valence-corrected chi connectivity index (χ2v) is 7.95. The fourth-order valence-electron chi connectivity index (χ4n) is 3.01. The molecule has 0 aromatic heterocycles. The van der Waals surface area contributed by atoms with E-state index in [0.29, 0.717) is 0 Å². The molecule has 1 aliphatic heterocycles. The lowest BCUT2D eigenvalue weighted by molar-refractivity contribution is 0.572. The van der Waals surface area contributed by atoms with Gasteiger partial charge in [0.2, 0.25) is 10.0 Å². The highest BCUT2D eigenvalue weighted by Crippen LogP contribution is 2.28. The fraction of sp³-hybridized carbons (Fsp3) is 0.333.